The van der Waals surface area contributed by atoms with Gasteiger partial charge in [0.1, 0.15) is 0 Å². The first-order valence-corrected chi connectivity index (χ1v) is 11.1. The topological polar surface area (TPSA) is 43.6 Å². The third-order valence-electron chi connectivity index (χ3n) is 5.02. The lowest BCUT2D eigenvalue weighted by Crippen LogP contribution is -1.99. The normalized spacial score (nSPS) is 10.8. The Bertz CT molecular complexity index is 1250. The van der Waals surface area contributed by atoms with E-state index in [-0.39, 0.29) is 0 Å². The van der Waals surface area contributed by atoms with Crippen molar-refractivity contribution >= 4 is 11.8 Å². The molecule has 0 radical (unpaired) electrons. The summed E-state index contributed by atoms with van der Waals surface area (Å²) in [5.41, 5.74) is 5.73. The van der Waals surface area contributed by atoms with Crippen LogP contribution >= 0.6 is 11.8 Å². The molecule has 0 aliphatic carbocycles. The Hall–Kier alpha value is -3.70. The van der Waals surface area contributed by atoms with Crippen molar-refractivity contribution in [1.82, 2.24) is 19.7 Å². The van der Waals surface area contributed by atoms with Gasteiger partial charge in [0.2, 0.25) is 0 Å². The number of hydrogen-bond acceptors (Lipinski definition) is 4. The second-order valence-electron chi connectivity index (χ2n) is 7.06. The standard InChI is InChI=1S/C26H20N4S/c1-3-7-21(8-4-1)22-13-11-20(12-14-22)19-31-26-29-28-25(23-15-17-27-18-16-23)30(26)24-9-5-2-6-10-24/h1-18H,19H2. The smallest absolute Gasteiger partial charge is 0.196 e. The largest absolute Gasteiger partial charge is 0.270 e. The Balaban J connectivity index is 1.41. The lowest BCUT2D eigenvalue weighted by atomic mass is 10.0. The lowest BCUT2D eigenvalue weighted by molar-refractivity contribution is 0.886. The van der Waals surface area contributed by atoms with E-state index in [1.807, 2.05) is 36.4 Å². The minimum atomic E-state index is 0.815. The fourth-order valence-corrected chi connectivity index (χ4v) is 4.34. The molecule has 5 rings (SSSR count). The van der Waals surface area contributed by atoms with Crippen LogP contribution in [0.4, 0.5) is 0 Å². The maximum atomic E-state index is 4.50. The highest BCUT2D eigenvalue weighted by molar-refractivity contribution is 7.98. The Morgan fingerprint density at radius 1 is 0.613 bits per heavy atom. The fourth-order valence-electron chi connectivity index (χ4n) is 3.43. The van der Waals surface area contributed by atoms with Gasteiger partial charge in [-0.2, -0.15) is 0 Å². The number of hydrogen-bond donors (Lipinski definition) is 0. The van der Waals surface area contributed by atoms with Gasteiger partial charge in [0.25, 0.3) is 0 Å². The quantitative estimate of drug-likeness (QED) is 0.303. The molecule has 3 aromatic carbocycles. The Morgan fingerprint density at radius 2 is 1.26 bits per heavy atom. The zero-order valence-electron chi connectivity index (χ0n) is 16.8. The molecule has 5 heteroatoms. The van der Waals surface area contributed by atoms with Crippen LogP contribution in [-0.2, 0) is 5.75 Å². The van der Waals surface area contributed by atoms with Gasteiger partial charge in [-0.15, -0.1) is 10.2 Å². The second-order valence-corrected chi connectivity index (χ2v) is 8.01. The molecule has 150 valence electrons. The molecule has 5 aromatic rings. The zero-order chi connectivity index (χ0) is 20.9. The maximum Gasteiger partial charge on any atom is 0.196 e. The van der Waals surface area contributed by atoms with E-state index in [2.05, 4.69) is 80.4 Å². The molecule has 0 bridgehead atoms. The highest BCUT2D eigenvalue weighted by Gasteiger charge is 2.16. The van der Waals surface area contributed by atoms with Crippen LogP contribution in [0, 0.1) is 0 Å². The first kappa shape index (κ1) is 19.3. The number of aromatic nitrogens is 4. The summed E-state index contributed by atoms with van der Waals surface area (Å²) in [5.74, 6) is 1.63. The predicted octanol–water partition coefficient (Wildman–Crippen LogP) is 6.29. The molecule has 0 aliphatic rings. The average molecular weight is 421 g/mol. The van der Waals surface area contributed by atoms with Crippen LogP contribution < -0.4 is 0 Å². The van der Waals surface area contributed by atoms with E-state index in [4.69, 9.17) is 0 Å². The average Bonchev–Trinajstić information content (AvgIpc) is 3.29. The minimum Gasteiger partial charge on any atom is -0.270 e. The molecule has 0 saturated carbocycles. The van der Waals surface area contributed by atoms with E-state index in [9.17, 15) is 0 Å². The summed E-state index contributed by atoms with van der Waals surface area (Å²) in [6, 6.07) is 33.3. The maximum absolute atomic E-state index is 4.50. The monoisotopic (exact) mass is 420 g/mol. The van der Waals surface area contributed by atoms with Crippen molar-refractivity contribution in [3.05, 3.63) is 115 Å². The van der Waals surface area contributed by atoms with Gasteiger partial charge in [0.15, 0.2) is 11.0 Å². The fraction of sp³-hybridized carbons (Fsp3) is 0.0385. The lowest BCUT2D eigenvalue weighted by Gasteiger charge is -2.10. The molecule has 31 heavy (non-hydrogen) atoms. The van der Waals surface area contributed by atoms with Crippen LogP contribution in [0.5, 0.6) is 0 Å². The van der Waals surface area contributed by atoms with Crippen LogP contribution in [0.3, 0.4) is 0 Å². The molecule has 0 amide bonds. The molecule has 0 unspecified atom stereocenters. The summed E-state index contributed by atoms with van der Waals surface area (Å²) in [6.07, 6.45) is 3.56. The number of benzene rings is 3. The van der Waals surface area contributed by atoms with E-state index < -0.39 is 0 Å². The van der Waals surface area contributed by atoms with E-state index in [1.54, 1.807) is 24.2 Å². The zero-order valence-corrected chi connectivity index (χ0v) is 17.6. The molecule has 0 fully saturated rings. The predicted molar refractivity (Wildman–Crippen MR) is 126 cm³/mol. The molecule has 0 N–H and O–H groups in total. The minimum absolute atomic E-state index is 0.815. The number of thioether (sulfide) groups is 1. The molecule has 2 heterocycles. The van der Waals surface area contributed by atoms with Crippen molar-refractivity contribution in [2.24, 2.45) is 0 Å². The van der Waals surface area contributed by atoms with Crippen molar-refractivity contribution in [1.29, 1.82) is 0 Å². The van der Waals surface area contributed by atoms with Gasteiger partial charge >= 0.3 is 0 Å². The van der Waals surface area contributed by atoms with Gasteiger partial charge in [0, 0.05) is 29.4 Å². The summed E-state index contributed by atoms with van der Waals surface area (Å²) in [5, 5.41) is 9.86. The Labute approximate surface area is 185 Å². The van der Waals surface area contributed by atoms with E-state index in [0.717, 1.165) is 28.0 Å². The Morgan fingerprint density at radius 3 is 1.97 bits per heavy atom. The molecule has 0 aliphatic heterocycles. The van der Waals surface area contributed by atoms with Gasteiger partial charge in [-0.25, -0.2) is 0 Å². The molecule has 0 spiro atoms. The van der Waals surface area contributed by atoms with Crippen LogP contribution in [0.1, 0.15) is 5.56 Å². The van der Waals surface area contributed by atoms with Crippen LogP contribution in [0.2, 0.25) is 0 Å². The van der Waals surface area contributed by atoms with E-state index in [1.165, 1.54) is 16.7 Å². The SMILES string of the molecule is c1ccc(-c2ccc(CSc3nnc(-c4ccncc4)n3-c3ccccc3)cc2)cc1. The highest BCUT2D eigenvalue weighted by atomic mass is 32.2. The van der Waals surface area contributed by atoms with Crippen LogP contribution in [0.25, 0.3) is 28.2 Å². The molecule has 4 nitrogen and oxygen atoms in total. The van der Waals surface area contributed by atoms with Crippen LogP contribution in [-0.4, -0.2) is 19.7 Å². The second kappa shape index (κ2) is 8.98. The van der Waals surface area contributed by atoms with Crippen molar-refractivity contribution in [2.45, 2.75) is 10.9 Å². The third-order valence-corrected chi connectivity index (χ3v) is 6.02. The summed E-state index contributed by atoms with van der Waals surface area (Å²) in [4.78, 5) is 4.12. The van der Waals surface area contributed by atoms with Gasteiger partial charge in [-0.1, -0.05) is 84.6 Å². The van der Waals surface area contributed by atoms with Crippen molar-refractivity contribution < 1.29 is 0 Å². The summed E-state index contributed by atoms with van der Waals surface area (Å²) in [6.45, 7) is 0. The first-order valence-electron chi connectivity index (χ1n) is 10.1. The van der Waals surface area contributed by atoms with Gasteiger partial charge in [-0.05, 0) is 41.0 Å². The van der Waals surface area contributed by atoms with Crippen LogP contribution in [0.15, 0.2) is 115 Å². The number of pyridine rings is 1. The van der Waals surface area contributed by atoms with E-state index in [0.29, 0.717) is 0 Å². The van der Waals surface area contributed by atoms with Gasteiger partial charge in [0.05, 0.1) is 0 Å². The molecule has 0 atom stereocenters. The molecular weight excluding hydrogens is 400 g/mol. The molecular formula is C26H20N4S. The van der Waals surface area contributed by atoms with Gasteiger partial charge in [-0.3, -0.25) is 9.55 Å². The highest BCUT2D eigenvalue weighted by Crippen LogP contribution is 2.30. The molecule has 0 saturated heterocycles. The van der Waals surface area contributed by atoms with Crippen molar-refractivity contribution in [2.75, 3.05) is 0 Å². The number of rotatable bonds is 6. The number of nitrogens with zero attached hydrogens (tertiary/aromatic N) is 4. The first-order chi connectivity index (χ1) is 15.4. The van der Waals surface area contributed by atoms with Gasteiger partial charge < -0.3 is 0 Å². The van der Waals surface area contributed by atoms with E-state index >= 15 is 0 Å². The summed E-state index contributed by atoms with van der Waals surface area (Å²) < 4.78 is 2.11. The summed E-state index contributed by atoms with van der Waals surface area (Å²) in [7, 11) is 0. The third kappa shape index (κ3) is 4.27. The summed E-state index contributed by atoms with van der Waals surface area (Å²) >= 11 is 1.69. The Kier molecular flexibility index (Phi) is 5.58. The van der Waals surface area contributed by atoms with Crippen molar-refractivity contribution in [3.63, 3.8) is 0 Å². The van der Waals surface area contributed by atoms with Crippen molar-refractivity contribution in [3.8, 4) is 28.2 Å². The number of para-hydroxylation sites is 1. The molecule has 2 aromatic heterocycles.